The van der Waals surface area contributed by atoms with Gasteiger partial charge in [-0.2, -0.15) is 0 Å². The molecule has 0 saturated carbocycles. The van der Waals surface area contributed by atoms with Gasteiger partial charge in [0.1, 0.15) is 11.0 Å². The number of fused-ring (bicyclic) bond motifs is 1. The van der Waals surface area contributed by atoms with E-state index >= 15 is 0 Å². The molecule has 1 aliphatic carbocycles. The van der Waals surface area contributed by atoms with Crippen LogP contribution in [0.5, 0.6) is 0 Å². The van der Waals surface area contributed by atoms with Gasteiger partial charge in [0.25, 0.3) is 0 Å². The molecule has 14 heavy (non-hydrogen) atoms. The summed E-state index contributed by atoms with van der Waals surface area (Å²) in [5.74, 6) is 0.991. The molecule has 0 spiro atoms. The van der Waals surface area contributed by atoms with Gasteiger partial charge in [-0.1, -0.05) is 18.0 Å². The Kier molecular flexibility index (Phi) is 3.24. The lowest BCUT2D eigenvalue weighted by atomic mass is 10.1. The molecule has 76 valence electrons. The maximum absolute atomic E-state index is 6.09. The SMILES string of the molecule is ClCc1nc(Cl)c2c(n1)CCCCC2. The second-order valence-electron chi connectivity index (χ2n) is 3.55. The number of rotatable bonds is 1. The zero-order valence-corrected chi connectivity index (χ0v) is 9.40. The van der Waals surface area contributed by atoms with Gasteiger partial charge in [-0.3, -0.25) is 0 Å². The van der Waals surface area contributed by atoms with Crippen LogP contribution in [0.2, 0.25) is 5.15 Å². The van der Waals surface area contributed by atoms with E-state index in [1.165, 1.54) is 19.3 Å². The van der Waals surface area contributed by atoms with Crippen molar-refractivity contribution in [3.05, 3.63) is 22.2 Å². The van der Waals surface area contributed by atoms with Crippen molar-refractivity contribution >= 4 is 23.2 Å². The van der Waals surface area contributed by atoms with E-state index in [-0.39, 0.29) is 0 Å². The summed E-state index contributed by atoms with van der Waals surface area (Å²) >= 11 is 11.8. The van der Waals surface area contributed by atoms with Crippen LogP contribution in [-0.4, -0.2) is 9.97 Å². The Labute approximate surface area is 93.7 Å². The maximum Gasteiger partial charge on any atom is 0.145 e. The van der Waals surface area contributed by atoms with Gasteiger partial charge in [-0.05, 0) is 25.7 Å². The van der Waals surface area contributed by atoms with Gasteiger partial charge < -0.3 is 0 Å². The third-order valence-electron chi connectivity index (χ3n) is 2.55. The Morgan fingerprint density at radius 1 is 1.07 bits per heavy atom. The first-order chi connectivity index (χ1) is 6.81. The van der Waals surface area contributed by atoms with E-state index in [1.54, 1.807) is 0 Å². The highest BCUT2D eigenvalue weighted by Crippen LogP contribution is 2.24. The number of aryl methyl sites for hydroxylation is 1. The van der Waals surface area contributed by atoms with Gasteiger partial charge in [-0.15, -0.1) is 11.6 Å². The number of hydrogen-bond acceptors (Lipinski definition) is 2. The average molecular weight is 231 g/mol. The summed E-state index contributed by atoms with van der Waals surface area (Å²) in [6.07, 6.45) is 5.67. The van der Waals surface area contributed by atoms with Crippen LogP contribution < -0.4 is 0 Å². The van der Waals surface area contributed by atoms with Gasteiger partial charge in [0, 0.05) is 11.3 Å². The van der Waals surface area contributed by atoms with Gasteiger partial charge >= 0.3 is 0 Å². The first-order valence-corrected chi connectivity index (χ1v) is 5.82. The predicted molar refractivity (Wildman–Crippen MR) is 57.9 cm³/mol. The van der Waals surface area contributed by atoms with E-state index in [4.69, 9.17) is 23.2 Å². The number of aromatic nitrogens is 2. The summed E-state index contributed by atoms with van der Waals surface area (Å²) in [6, 6.07) is 0. The van der Waals surface area contributed by atoms with E-state index < -0.39 is 0 Å². The topological polar surface area (TPSA) is 25.8 Å². The lowest BCUT2D eigenvalue weighted by molar-refractivity contribution is 0.708. The normalized spacial score (nSPS) is 16.1. The van der Waals surface area contributed by atoms with Crippen LogP contribution in [0.15, 0.2) is 0 Å². The van der Waals surface area contributed by atoms with Gasteiger partial charge in [0.15, 0.2) is 0 Å². The van der Waals surface area contributed by atoms with Crippen LogP contribution in [-0.2, 0) is 18.7 Å². The van der Waals surface area contributed by atoms with Crippen LogP contribution >= 0.6 is 23.2 Å². The Bertz CT molecular complexity index is 339. The molecule has 0 saturated heterocycles. The highest BCUT2D eigenvalue weighted by Gasteiger charge is 2.14. The number of nitrogens with zero attached hydrogens (tertiary/aromatic N) is 2. The maximum atomic E-state index is 6.09. The number of halogens is 2. The molecule has 0 N–H and O–H groups in total. The highest BCUT2D eigenvalue weighted by molar-refractivity contribution is 6.30. The molecule has 0 amide bonds. The zero-order chi connectivity index (χ0) is 9.97. The standard InChI is InChI=1S/C10H12Cl2N2/c11-6-9-13-8-5-3-1-2-4-7(8)10(12)14-9/h1-6H2. The zero-order valence-electron chi connectivity index (χ0n) is 7.89. The van der Waals surface area contributed by atoms with Gasteiger partial charge in [0.2, 0.25) is 0 Å². The van der Waals surface area contributed by atoms with E-state index in [9.17, 15) is 0 Å². The van der Waals surface area contributed by atoms with Crippen LogP contribution in [0, 0.1) is 0 Å². The van der Waals surface area contributed by atoms with Crippen molar-refractivity contribution in [3.8, 4) is 0 Å². The van der Waals surface area contributed by atoms with Crippen LogP contribution in [0.4, 0.5) is 0 Å². The molecule has 0 radical (unpaired) electrons. The van der Waals surface area contributed by atoms with Crippen molar-refractivity contribution in [2.75, 3.05) is 0 Å². The highest BCUT2D eigenvalue weighted by atomic mass is 35.5. The number of hydrogen-bond donors (Lipinski definition) is 0. The first kappa shape index (κ1) is 10.2. The minimum absolute atomic E-state index is 0.340. The van der Waals surface area contributed by atoms with Crippen molar-refractivity contribution < 1.29 is 0 Å². The summed E-state index contributed by atoms with van der Waals surface area (Å²) < 4.78 is 0. The molecular weight excluding hydrogens is 219 g/mol. The summed E-state index contributed by atoms with van der Waals surface area (Å²) in [4.78, 5) is 8.59. The smallest absolute Gasteiger partial charge is 0.145 e. The monoisotopic (exact) mass is 230 g/mol. The van der Waals surface area contributed by atoms with Crippen molar-refractivity contribution in [2.24, 2.45) is 0 Å². The third-order valence-corrected chi connectivity index (χ3v) is 3.10. The van der Waals surface area contributed by atoms with Crippen molar-refractivity contribution in [1.82, 2.24) is 9.97 Å². The molecule has 1 aromatic rings. The Morgan fingerprint density at radius 3 is 2.64 bits per heavy atom. The van der Waals surface area contributed by atoms with Gasteiger partial charge in [0.05, 0.1) is 5.88 Å². The molecule has 0 unspecified atom stereocenters. The molecule has 0 fully saturated rings. The second kappa shape index (κ2) is 4.45. The van der Waals surface area contributed by atoms with E-state index in [2.05, 4.69) is 9.97 Å². The molecular formula is C10H12Cl2N2. The van der Waals surface area contributed by atoms with Crippen molar-refractivity contribution in [1.29, 1.82) is 0 Å². The fourth-order valence-corrected chi connectivity index (χ4v) is 2.25. The predicted octanol–water partition coefficient (Wildman–Crippen LogP) is 3.14. The Balaban J connectivity index is 2.43. The van der Waals surface area contributed by atoms with Gasteiger partial charge in [-0.25, -0.2) is 9.97 Å². The lowest BCUT2D eigenvalue weighted by Gasteiger charge is -2.07. The number of alkyl halides is 1. The van der Waals surface area contributed by atoms with Crippen molar-refractivity contribution in [2.45, 2.75) is 38.0 Å². The van der Waals surface area contributed by atoms with E-state index in [0.29, 0.717) is 16.9 Å². The molecule has 4 heteroatoms. The molecule has 1 aromatic heterocycles. The molecule has 0 atom stereocenters. The van der Waals surface area contributed by atoms with Crippen LogP contribution in [0.25, 0.3) is 0 Å². The summed E-state index contributed by atoms with van der Waals surface area (Å²) in [6.45, 7) is 0. The van der Waals surface area contributed by atoms with Crippen LogP contribution in [0.1, 0.15) is 36.3 Å². The summed E-state index contributed by atoms with van der Waals surface area (Å²) in [7, 11) is 0. The summed E-state index contributed by atoms with van der Waals surface area (Å²) in [5, 5.41) is 0.604. The fraction of sp³-hybridized carbons (Fsp3) is 0.600. The van der Waals surface area contributed by atoms with Crippen molar-refractivity contribution in [3.63, 3.8) is 0 Å². The fourth-order valence-electron chi connectivity index (χ4n) is 1.83. The molecule has 2 nitrogen and oxygen atoms in total. The van der Waals surface area contributed by atoms with E-state index in [0.717, 1.165) is 24.1 Å². The third kappa shape index (κ3) is 2.01. The summed E-state index contributed by atoms with van der Waals surface area (Å²) in [5.41, 5.74) is 2.25. The lowest BCUT2D eigenvalue weighted by Crippen LogP contribution is -2.03. The quantitative estimate of drug-likeness (QED) is 0.421. The molecule has 1 aliphatic rings. The molecule has 0 aromatic carbocycles. The van der Waals surface area contributed by atoms with E-state index in [1.807, 2.05) is 0 Å². The largest absolute Gasteiger partial charge is 0.236 e. The first-order valence-electron chi connectivity index (χ1n) is 4.91. The minimum atomic E-state index is 0.340. The second-order valence-corrected chi connectivity index (χ2v) is 4.18. The molecule has 2 rings (SSSR count). The van der Waals surface area contributed by atoms with Crippen LogP contribution in [0.3, 0.4) is 0 Å². The Hall–Kier alpha value is -0.340. The Morgan fingerprint density at radius 2 is 1.86 bits per heavy atom. The average Bonchev–Trinajstić information content (AvgIpc) is 2.42. The molecule has 1 heterocycles. The molecule has 0 bridgehead atoms. The minimum Gasteiger partial charge on any atom is -0.236 e. The molecule has 0 aliphatic heterocycles.